The van der Waals surface area contributed by atoms with Crippen LogP contribution in [0.4, 0.5) is 0 Å². The molecule has 4 aromatic rings. The number of benzene rings is 4. The molecule has 2 aliphatic rings. The van der Waals surface area contributed by atoms with Crippen LogP contribution in [0.25, 0.3) is 22.3 Å². The van der Waals surface area contributed by atoms with E-state index >= 15 is 0 Å². The van der Waals surface area contributed by atoms with Crippen molar-refractivity contribution in [3.63, 3.8) is 0 Å². The molecule has 2 saturated heterocycles. The van der Waals surface area contributed by atoms with Crippen molar-refractivity contribution < 1.29 is 27.2 Å². The highest BCUT2D eigenvalue weighted by atomic mass is 31.2. The molecule has 0 unspecified atom stereocenters. The Morgan fingerprint density at radius 1 is 0.413 bits per heavy atom. The highest BCUT2D eigenvalue weighted by Gasteiger charge is 2.49. The van der Waals surface area contributed by atoms with E-state index in [1.54, 1.807) is 0 Å². The molecule has 0 amide bonds. The minimum absolute atomic E-state index is 0.152. The Kier molecular flexibility index (Phi) is 16.7. The molecule has 0 aromatic heterocycles. The van der Waals surface area contributed by atoms with Crippen molar-refractivity contribution >= 4 is 15.2 Å². The van der Waals surface area contributed by atoms with Crippen molar-refractivity contribution in [1.29, 1.82) is 0 Å². The van der Waals surface area contributed by atoms with Gasteiger partial charge in [-0.15, -0.1) is 0 Å². The molecule has 4 aromatic carbocycles. The second kappa shape index (κ2) is 21.2. The summed E-state index contributed by atoms with van der Waals surface area (Å²) in [4.78, 5) is 0. The Balaban J connectivity index is 1.29. The first-order valence-corrected chi connectivity index (χ1v) is 27.4. The van der Waals surface area contributed by atoms with E-state index in [2.05, 4.69) is 156 Å². The molecule has 0 N–H and O–H groups in total. The summed E-state index contributed by atoms with van der Waals surface area (Å²) in [6, 6.07) is 26.2. The molecule has 344 valence electrons. The molecule has 0 bridgehead atoms. The maximum atomic E-state index is 14.9. The fourth-order valence-corrected chi connectivity index (χ4v) is 13.6. The van der Waals surface area contributed by atoms with Crippen molar-refractivity contribution in [1.82, 2.24) is 0 Å². The molecule has 0 radical (unpaired) electrons. The Bertz CT molecular complexity index is 2050. The Morgan fingerprint density at radius 2 is 0.698 bits per heavy atom. The van der Waals surface area contributed by atoms with Crippen molar-refractivity contribution in [3.05, 3.63) is 117 Å². The third-order valence-electron chi connectivity index (χ3n) is 12.3. The van der Waals surface area contributed by atoms with Gasteiger partial charge in [0.15, 0.2) is 0 Å². The van der Waals surface area contributed by atoms with Crippen molar-refractivity contribution in [3.8, 4) is 22.3 Å². The van der Waals surface area contributed by atoms with E-state index in [0.29, 0.717) is 35.5 Å². The van der Waals surface area contributed by atoms with E-state index in [0.717, 1.165) is 49.7 Å². The quantitative estimate of drug-likeness (QED) is 0.0927. The predicted octanol–water partition coefficient (Wildman–Crippen LogP) is 15.4. The summed E-state index contributed by atoms with van der Waals surface area (Å²) >= 11 is 0. The van der Waals surface area contributed by atoms with Crippen LogP contribution in [0.2, 0.25) is 0 Å². The first kappa shape index (κ1) is 49.6. The number of rotatable bonds is 18. The predicted molar refractivity (Wildman–Crippen MR) is 264 cm³/mol. The topological polar surface area (TPSA) is 71.1 Å². The standard InChI is InChI=1S/C55H78O6P2/c1-37(2)23-45-29-47(25-39(5)6)53(43-19-15-13-16-20-43)49(27-41(9)10)51(45)31-62(56)58-33-55(34-59-62)35-60-63(57,61-36-55)32-52-46(24-38(3)4)30-48(26-40(7)8)54(50(52)28-42(11)12)44-21-17-14-18-22-44/h13-22,29-30,37-42H,23-28,31-36H2,1-12H3. The van der Waals surface area contributed by atoms with E-state index in [1.165, 1.54) is 55.6 Å². The first-order chi connectivity index (χ1) is 29.8. The zero-order valence-corrected chi connectivity index (χ0v) is 42.5. The fraction of sp³-hybridized carbons (Fsp3) is 0.564. The van der Waals surface area contributed by atoms with Gasteiger partial charge in [-0.05, 0) is 141 Å². The van der Waals surface area contributed by atoms with Gasteiger partial charge in [-0.3, -0.25) is 9.13 Å². The van der Waals surface area contributed by atoms with Gasteiger partial charge in [-0.1, -0.05) is 156 Å². The normalized spacial score (nSPS) is 21.9. The van der Waals surface area contributed by atoms with Crippen LogP contribution in [0, 0.1) is 40.9 Å². The largest absolute Gasteiger partial charge is 0.335 e. The third-order valence-corrected chi connectivity index (χ3v) is 15.8. The zero-order chi connectivity index (χ0) is 45.7. The van der Waals surface area contributed by atoms with Crippen LogP contribution in [0.3, 0.4) is 0 Å². The van der Waals surface area contributed by atoms with Gasteiger partial charge >= 0.3 is 15.2 Å². The lowest BCUT2D eigenvalue weighted by Crippen LogP contribution is -2.45. The smallest absolute Gasteiger partial charge is 0.307 e. The molecule has 2 aliphatic heterocycles. The SMILES string of the molecule is CC(C)Cc1cc(CC(C)C)c(-c2ccccc2)c(CC(C)C)c1CP1(=O)OCC2(CO1)COP(=O)(Cc1c(CC(C)C)cc(CC(C)C)c(-c3ccccc3)c1CC(C)C)OC2. The molecule has 0 atom stereocenters. The third kappa shape index (κ3) is 12.8. The van der Waals surface area contributed by atoms with Crippen LogP contribution in [0.5, 0.6) is 0 Å². The van der Waals surface area contributed by atoms with E-state index < -0.39 is 20.6 Å². The molecular weight excluding hydrogens is 819 g/mol. The number of hydrogen-bond donors (Lipinski definition) is 0. The molecule has 0 saturated carbocycles. The summed E-state index contributed by atoms with van der Waals surface area (Å²) in [7, 11) is -7.16. The Labute approximate surface area is 381 Å². The van der Waals surface area contributed by atoms with Crippen molar-refractivity contribution in [2.75, 3.05) is 26.4 Å². The van der Waals surface area contributed by atoms with Gasteiger partial charge in [0.1, 0.15) is 0 Å². The molecular formula is C55H78O6P2. The van der Waals surface area contributed by atoms with E-state index in [9.17, 15) is 9.13 Å². The highest BCUT2D eigenvalue weighted by Crippen LogP contribution is 2.62. The van der Waals surface area contributed by atoms with Crippen molar-refractivity contribution in [2.45, 2.75) is 134 Å². The van der Waals surface area contributed by atoms with Crippen LogP contribution in [0.1, 0.15) is 128 Å². The summed E-state index contributed by atoms with van der Waals surface area (Å²) in [6.45, 7) is 27.8. The van der Waals surface area contributed by atoms with Gasteiger partial charge in [0.25, 0.3) is 0 Å². The van der Waals surface area contributed by atoms with Gasteiger partial charge in [0.2, 0.25) is 0 Å². The van der Waals surface area contributed by atoms with E-state index in [1.807, 2.05) is 0 Å². The van der Waals surface area contributed by atoms with Gasteiger partial charge in [-0.25, -0.2) is 0 Å². The molecule has 8 heteroatoms. The lowest BCUT2D eigenvalue weighted by Gasteiger charge is -2.43. The van der Waals surface area contributed by atoms with E-state index in [-0.39, 0.29) is 38.8 Å². The maximum absolute atomic E-state index is 14.9. The molecule has 1 spiro atoms. The van der Waals surface area contributed by atoms with Gasteiger partial charge < -0.3 is 18.1 Å². The molecule has 2 fully saturated rings. The Morgan fingerprint density at radius 3 is 0.984 bits per heavy atom. The lowest BCUT2D eigenvalue weighted by atomic mass is 9.81. The van der Waals surface area contributed by atoms with Gasteiger partial charge in [0.05, 0.1) is 44.2 Å². The summed E-state index contributed by atoms with van der Waals surface area (Å²) in [6.07, 6.45) is 5.84. The highest BCUT2D eigenvalue weighted by molar-refractivity contribution is 7.53. The van der Waals surface area contributed by atoms with Crippen LogP contribution >= 0.6 is 15.2 Å². The van der Waals surface area contributed by atoms with E-state index in [4.69, 9.17) is 18.1 Å². The molecule has 2 heterocycles. The monoisotopic (exact) mass is 897 g/mol. The first-order valence-electron chi connectivity index (χ1n) is 24.0. The average Bonchev–Trinajstić information content (AvgIpc) is 3.20. The maximum Gasteiger partial charge on any atom is 0.335 e. The minimum atomic E-state index is -3.58. The lowest BCUT2D eigenvalue weighted by molar-refractivity contribution is -0.0690. The molecule has 6 nitrogen and oxygen atoms in total. The Hall–Kier alpha value is -2.82. The zero-order valence-electron chi connectivity index (χ0n) is 40.7. The molecule has 0 aliphatic carbocycles. The summed E-state index contributed by atoms with van der Waals surface area (Å²) in [5.41, 5.74) is 14.1. The van der Waals surface area contributed by atoms with Crippen molar-refractivity contribution in [2.24, 2.45) is 40.9 Å². The number of hydrogen-bond acceptors (Lipinski definition) is 6. The van der Waals surface area contributed by atoms with Crippen LogP contribution in [-0.2, 0) is 78.1 Å². The average molecular weight is 897 g/mol. The van der Waals surface area contributed by atoms with Gasteiger partial charge in [0, 0.05) is 0 Å². The molecule has 6 rings (SSSR count). The van der Waals surface area contributed by atoms with Gasteiger partial charge in [-0.2, -0.15) is 0 Å². The minimum Gasteiger partial charge on any atom is -0.307 e. The second-order valence-electron chi connectivity index (χ2n) is 21.5. The summed E-state index contributed by atoms with van der Waals surface area (Å²) in [5.74, 6) is 2.59. The summed E-state index contributed by atoms with van der Waals surface area (Å²) < 4.78 is 55.5. The van der Waals surface area contributed by atoms with Crippen LogP contribution in [-0.4, -0.2) is 26.4 Å². The summed E-state index contributed by atoms with van der Waals surface area (Å²) in [5, 5.41) is 0. The second-order valence-corrected chi connectivity index (χ2v) is 25.6. The van der Waals surface area contributed by atoms with Crippen LogP contribution < -0.4 is 0 Å². The molecule has 63 heavy (non-hydrogen) atoms. The van der Waals surface area contributed by atoms with Crippen LogP contribution in [0.15, 0.2) is 72.8 Å². The fourth-order valence-electron chi connectivity index (χ4n) is 9.69.